The SMILES string of the molecule is C=C(C)C(=O)OCCSC.C=C(C)COCCO[Si](OCCOCC(=C)C)(OCCOCC(=C)C)OCCOCC(=C)C. The molecule has 0 N–H and O–H groups in total. The zero-order valence-corrected chi connectivity index (χ0v) is 29.2. The molecule has 10 nitrogen and oxygen atoms in total. The summed E-state index contributed by atoms with van der Waals surface area (Å²) in [5.74, 6) is 0.549. The number of carbonyl (C=O) groups is 1. The zero-order valence-electron chi connectivity index (χ0n) is 27.4. The summed E-state index contributed by atoms with van der Waals surface area (Å²) in [6.07, 6.45) is 1.97. The van der Waals surface area contributed by atoms with Gasteiger partial charge in [-0.2, -0.15) is 11.8 Å². The van der Waals surface area contributed by atoms with Crippen molar-refractivity contribution < 1.29 is 46.2 Å². The number of hydrogen-bond donors (Lipinski definition) is 0. The van der Waals surface area contributed by atoms with Crippen LogP contribution in [0.2, 0.25) is 0 Å². The van der Waals surface area contributed by atoms with Gasteiger partial charge in [0.15, 0.2) is 0 Å². The van der Waals surface area contributed by atoms with Crippen LogP contribution in [0.4, 0.5) is 0 Å². The molecule has 0 heterocycles. The Kier molecular flexibility index (Phi) is 29.5. The number of esters is 1. The molecule has 0 aliphatic heterocycles. The lowest BCUT2D eigenvalue weighted by molar-refractivity contribution is -0.138. The van der Waals surface area contributed by atoms with E-state index in [1.165, 1.54) is 0 Å². The second-order valence-electron chi connectivity index (χ2n) is 9.84. The minimum absolute atomic E-state index is 0.241. The third kappa shape index (κ3) is 31.6. The number of carbonyl (C=O) groups excluding carboxylic acids is 1. The number of thioether (sulfide) groups is 1. The van der Waals surface area contributed by atoms with Crippen molar-refractivity contribution in [1.29, 1.82) is 0 Å². The monoisotopic (exact) mass is 648 g/mol. The summed E-state index contributed by atoms with van der Waals surface area (Å²) in [5.41, 5.74) is 4.19. The van der Waals surface area contributed by atoms with E-state index >= 15 is 0 Å². The summed E-state index contributed by atoms with van der Waals surface area (Å²) in [6, 6.07) is 0. The summed E-state index contributed by atoms with van der Waals surface area (Å²) >= 11 is 1.65. The third-order valence-electron chi connectivity index (χ3n) is 4.29. The largest absolute Gasteiger partial charge is 0.680 e. The fourth-order valence-corrected chi connectivity index (χ4v) is 4.56. The first kappa shape index (κ1) is 43.5. The molecule has 0 atom stereocenters. The average molecular weight is 649 g/mol. The molecule has 0 amide bonds. The zero-order chi connectivity index (χ0) is 32.9. The molecule has 0 aliphatic rings. The van der Waals surface area contributed by atoms with E-state index in [9.17, 15) is 4.79 Å². The molecule has 0 aromatic carbocycles. The van der Waals surface area contributed by atoms with Gasteiger partial charge in [-0.15, -0.1) is 0 Å². The number of rotatable bonds is 28. The Labute approximate surface area is 265 Å². The summed E-state index contributed by atoms with van der Waals surface area (Å²) < 4.78 is 50.9. The molecular formula is C31H56O10SSi. The van der Waals surface area contributed by atoms with Crippen molar-refractivity contribution in [2.45, 2.75) is 34.6 Å². The van der Waals surface area contributed by atoms with Crippen molar-refractivity contribution in [2.24, 2.45) is 0 Å². The molecule has 0 aliphatic carbocycles. The Morgan fingerprint density at radius 1 is 0.535 bits per heavy atom. The standard InChI is InChI=1S/C24H44O8Si.C7H12O2S/c1-21(2)17-25-9-13-29-33(30-14-10-26-18-22(3)4,31-15-11-27-19-23(5)6)32-16-12-28-20-24(7)8;1-6(2)7(8)9-4-5-10-3/h1,3,5,7,9-20H2,2,4,6,8H3;1,4-5H2,2-3H3. The Bertz CT molecular complexity index is 717. The van der Waals surface area contributed by atoms with Crippen molar-refractivity contribution >= 4 is 26.8 Å². The minimum Gasteiger partial charge on any atom is -0.461 e. The lowest BCUT2D eigenvalue weighted by Gasteiger charge is -2.28. The van der Waals surface area contributed by atoms with Crippen LogP contribution in [-0.2, 0) is 46.2 Å². The van der Waals surface area contributed by atoms with Crippen molar-refractivity contribution in [1.82, 2.24) is 0 Å². The van der Waals surface area contributed by atoms with Crippen LogP contribution in [0.15, 0.2) is 60.8 Å². The maximum absolute atomic E-state index is 10.7. The molecule has 0 rings (SSSR count). The number of hydrogen-bond acceptors (Lipinski definition) is 11. The van der Waals surface area contributed by atoms with Gasteiger partial charge in [0.25, 0.3) is 0 Å². The molecule has 0 radical (unpaired) electrons. The Morgan fingerprint density at radius 2 is 0.837 bits per heavy atom. The van der Waals surface area contributed by atoms with E-state index in [1.807, 2.05) is 34.0 Å². The molecule has 0 spiro atoms. The average Bonchev–Trinajstić information content (AvgIpc) is 2.92. The molecule has 0 aromatic rings. The van der Waals surface area contributed by atoms with Gasteiger partial charge in [0.05, 0.1) is 79.3 Å². The second kappa shape index (κ2) is 29.1. The van der Waals surface area contributed by atoms with E-state index < -0.39 is 9.05 Å². The first-order chi connectivity index (χ1) is 20.3. The predicted molar refractivity (Wildman–Crippen MR) is 176 cm³/mol. The van der Waals surface area contributed by atoms with Crippen LogP contribution >= 0.6 is 11.8 Å². The first-order valence-electron chi connectivity index (χ1n) is 14.1. The fourth-order valence-electron chi connectivity index (χ4n) is 2.48. The maximum atomic E-state index is 10.7. The van der Waals surface area contributed by atoms with Gasteiger partial charge in [-0.1, -0.05) is 55.2 Å². The van der Waals surface area contributed by atoms with Crippen LogP contribution in [0.25, 0.3) is 0 Å². The van der Waals surface area contributed by atoms with Gasteiger partial charge < -0.3 is 41.4 Å². The van der Waals surface area contributed by atoms with Crippen molar-refractivity contribution in [3.05, 3.63) is 60.8 Å². The summed E-state index contributed by atoms with van der Waals surface area (Å²) in [7, 11) is -3.51. The second-order valence-corrected chi connectivity index (χ2v) is 13.0. The van der Waals surface area contributed by atoms with Gasteiger partial charge in [-0.25, -0.2) is 4.79 Å². The highest BCUT2D eigenvalue weighted by molar-refractivity contribution is 7.98. The molecule has 12 heteroatoms. The molecular weight excluding hydrogens is 592 g/mol. The van der Waals surface area contributed by atoms with Crippen LogP contribution < -0.4 is 0 Å². The van der Waals surface area contributed by atoms with Crippen LogP contribution in [0.1, 0.15) is 34.6 Å². The van der Waals surface area contributed by atoms with E-state index in [-0.39, 0.29) is 32.4 Å². The molecule has 0 saturated heterocycles. The fraction of sp³-hybridized carbons (Fsp3) is 0.645. The summed E-state index contributed by atoms with van der Waals surface area (Å²) in [5, 5.41) is 0. The van der Waals surface area contributed by atoms with Gasteiger partial charge in [-0.05, 0) is 40.9 Å². The molecule has 0 unspecified atom stereocenters. The van der Waals surface area contributed by atoms with Crippen LogP contribution in [0, 0.1) is 0 Å². The highest BCUT2D eigenvalue weighted by atomic mass is 32.2. The summed E-state index contributed by atoms with van der Waals surface area (Å²) in [6.45, 7) is 32.6. The van der Waals surface area contributed by atoms with Gasteiger partial charge >= 0.3 is 15.0 Å². The molecule has 0 saturated carbocycles. The van der Waals surface area contributed by atoms with Gasteiger partial charge in [0.2, 0.25) is 0 Å². The van der Waals surface area contributed by atoms with E-state index in [1.54, 1.807) is 18.7 Å². The Hall–Kier alpha value is -1.58. The molecule has 0 fully saturated rings. The maximum Gasteiger partial charge on any atom is 0.680 e. The molecule has 43 heavy (non-hydrogen) atoms. The quantitative estimate of drug-likeness (QED) is 0.0362. The van der Waals surface area contributed by atoms with Gasteiger partial charge in [0, 0.05) is 11.3 Å². The van der Waals surface area contributed by atoms with Crippen LogP contribution in [-0.4, -0.2) is 113 Å². The van der Waals surface area contributed by atoms with Crippen molar-refractivity contribution in [3.63, 3.8) is 0 Å². The van der Waals surface area contributed by atoms with Crippen LogP contribution in [0.5, 0.6) is 0 Å². The number of ether oxygens (including phenoxy) is 5. The van der Waals surface area contributed by atoms with Crippen molar-refractivity contribution in [2.75, 3.05) is 97.9 Å². The summed E-state index contributed by atoms with van der Waals surface area (Å²) in [4.78, 5) is 10.7. The smallest absolute Gasteiger partial charge is 0.461 e. The lowest BCUT2D eigenvalue weighted by atomic mass is 10.4. The Morgan fingerprint density at radius 3 is 1.07 bits per heavy atom. The topological polar surface area (TPSA) is 100 Å². The van der Waals surface area contributed by atoms with E-state index in [2.05, 4.69) is 32.9 Å². The molecule has 0 bridgehead atoms. The highest BCUT2D eigenvalue weighted by Crippen LogP contribution is 2.13. The molecule has 250 valence electrons. The highest BCUT2D eigenvalue weighted by Gasteiger charge is 2.46. The van der Waals surface area contributed by atoms with Crippen LogP contribution in [0.3, 0.4) is 0 Å². The molecule has 0 aromatic heterocycles. The van der Waals surface area contributed by atoms with Gasteiger partial charge in [0.1, 0.15) is 6.61 Å². The normalized spacial score (nSPS) is 10.9. The van der Waals surface area contributed by atoms with E-state index in [0.29, 0.717) is 65.0 Å². The third-order valence-corrected chi connectivity index (χ3v) is 7.09. The lowest BCUT2D eigenvalue weighted by Crippen LogP contribution is -2.51. The van der Waals surface area contributed by atoms with E-state index in [4.69, 9.17) is 41.4 Å². The Balaban J connectivity index is 0. The minimum atomic E-state index is -3.51. The van der Waals surface area contributed by atoms with E-state index in [0.717, 1.165) is 28.0 Å². The van der Waals surface area contributed by atoms with Crippen molar-refractivity contribution in [3.8, 4) is 0 Å². The first-order valence-corrected chi connectivity index (χ1v) is 17.1. The van der Waals surface area contributed by atoms with Gasteiger partial charge in [-0.3, -0.25) is 0 Å². The predicted octanol–water partition coefficient (Wildman–Crippen LogP) is 5.33.